The van der Waals surface area contributed by atoms with Gasteiger partial charge < -0.3 is 14.2 Å². The van der Waals surface area contributed by atoms with Crippen molar-refractivity contribution in [3.63, 3.8) is 0 Å². The number of rotatable bonds is 4. The highest BCUT2D eigenvalue weighted by Gasteiger charge is 2.33. The molecule has 9 heteroatoms. The van der Waals surface area contributed by atoms with Gasteiger partial charge in [0.1, 0.15) is 24.8 Å². The van der Waals surface area contributed by atoms with Crippen LogP contribution in [0.2, 0.25) is 0 Å². The fraction of sp³-hybridized carbons (Fsp3) is 0.350. The minimum atomic E-state index is -3.70. The number of halogens is 1. The van der Waals surface area contributed by atoms with E-state index >= 15 is 0 Å². The number of nitrogens with zero attached hydrogens (tertiary/aromatic N) is 1. The molecule has 0 N–H and O–H groups in total. The summed E-state index contributed by atoms with van der Waals surface area (Å²) in [7, 11) is -3.70. The molecule has 1 fully saturated rings. The number of carbonyl (C=O) groups is 1. The van der Waals surface area contributed by atoms with Crippen LogP contribution in [0, 0.1) is 11.7 Å². The van der Waals surface area contributed by atoms with Gasteiger partial charge in [0.25, 0.3) is 0 Å². The molecule has 0 spiro atoms. The van der Waals surface area contributed by atoms with Gasteiger partial charge >= 0.3 is 5.97 Å². The van der Waals surface area contributed by atoms with E-state index in [1.54, 1.807) is 6.07 Å². The van der Waals surface area contributed by atoms with Crippen molar-refractivity contribution < 1.29 is 31.8 Å². The zero-order valence-electron chi connectivity index (χ0n) is 15.5. The summed E-state index contributed by atoms with van der Waals surface area (Å²) in [6.45, 7) is 1.22. The largest absolute Gasteiger partial charge is 0.486 e. The van der Waals surface area contributed by atoms with Gasteiger partial charge in [-0.2, -0.15) is 4.31 Å². The topological polar surface area (TPSA) is 82.1 Å². The molecule has 1 saturated heterocycles. The molecule has 29 heavy (non-hydrogen) atoms. The van der Waals surface area contributed by atoms with Crippen molar-refractivity contribution in [1.82, 2.24) is 4.31 Å². The van der Waals surface area contributed by atoms with Crippen molar-refractivity contribution in [2.75, 3.05) is 26.3 Å². The van der Waals surface area contributed by atoms with Crippen LogP contribution >= 0.6 is 0 Å². The number of hydrogen-bond acceptors (Lipinski definition) is 6. The zero-order chi connectivity index (χ0) is 20.4. The van der Waals surface area contributed by atoms with E-state index in [4.69, 9.17) is 14.2 Å². The van der Waals surface area contributed by atoms with Gasteiger partial charge in [-0.25, -0.2) is 12.8 Å². The first-order valence-electron chi connectivity index (χ1n) is 9.30. The Morgan fingerprint density at radius 3 is 2.34 bits per heavy atom. The second-order valence-electron chi connectivity index (χ2n) is 6.86. The van der Waals surface area contributed by atoms with Gasteiger partial charge in [0.2, 0.25) is 10.0 Å². The van der Waals surface area contributed by atoms with Crippen LogP contribution in [0.1, 0.15) is 12.8 Å². The zero-order valence-corrected chi connectivity index (χ0v) is 16.4. The smallest absolute Gasteiger partial charge is 0.314 e. The van der Waals surface area contributed by atoms with Gasteiger partial charge in [-0.3, -0.25) is 4.79 Å². The van der Waals surface area contributed by atoms with Crippen LogP contribution in [0.5, 0.6) is 17.2 Å². The van der Waals surface area contributed by atoms with E-state index in [0.717, 1.165) is 0 Å². The standard InChI is InChI=1S/C20H20FNO6S/c21-15-1-3-16(4-2-15)28-20(23)14-7-9-22(10-8-14)29(24,25)17-5-6-18-19(13-17)27-12-11-26-18/h1-6,13-14H,7-12H2. The highest BCUT2D eigenvalue weighted by molar-refractivity contribution is 7.89. The number of carbonyl (C=O) groups excluding carboxylic acids is 1. The van der Waals surface area contributed by atoms with E-state index < -0.39 is 27.7 Å². The molecule has 2 aliphatic rings. The summed E-state index contributed by atoms with van der Waals surface area (Å²) in [6, 6.07) is 9.75. The summed E-state index contributed by atoms with van der Waals surface area (Å²) in [5.41, 5.74) is 0. The molecule has 4 rings (SSSR count). The van der Waals surface area contributed by atoms with E-state index in [0.29, 0.717) is 37.6 Å². The number of ether oxygens (including phenoxy) is 3. The van der Waals surface area contributed by atoms with Gasteiger partial charge in [-0.15, -0.1) is 0 Å². The number of fused-ring (bicyclic) bond motifs is 1. The molecule has 2 aromatic rings. The van der Waals surface area contributed by atoms with Gasteiger partial charge in [-0.1, -0.05) is 0 Å². The van der Waals surface area contributed by atoms with Crippen molar-refractivity contribution in [2.24, 2.45) is 5.92 Å². The first kappa shape index (κ1) is 19.7. The first-order chi connectivity index (χ1) is 13.9. The molecule has 0 unspecified atom stereocenters. The van der Waals surface area contributed by atoms with Gasteiger partial charge in [0.05, 0.1) is 10.8 Å². The molecule has 2 heterocycles. The van der Waals surface area contributed by atoms with E-state index in [9.17, 15) is 17.6 Å². The van der Waals surface area contributed by atoms with E-state index in [1.807, 2.05) is 0 Å². The minimum Gasteiger partial charge on any atom is -0.486 e. The molecule has 0 bridgehead atoms. The Morgan fingerprint density at radius 2 is 1.66 bits per heavy atom. The lowest BCUT2D eigenvalue weighted by atomic mass is 9.98. The van der Waals surface area contributed by atoms with Crippen molar-refractivity contribution in [3.8, 4) is 17.2 Å². The second kappa shape index (κ2) is 8.00. The Bertz CT molecular complexity index is 1000. The number of esters is 1. The third kappa shape index (κ3) is 4.20. The molecule has 2 aromatic carbocycles. The number of benzene rings is 2. The molecule has 0 amide bonds. The predicted molar refractivity (Wildman–Crippen MR) is 101 cm³/mol. The third-order valence-electron chi connectivity index (χ3n) is 4.97. The maximum Gasteiger partial charge on any atom is 0.314 e. The summed E-state index contributed by atoms with van der Waals surface area (Å²) in [4.78, 5) is 12.5. The van der Waals surface area contributed by atoms with Crippen LogP contribution in [-0.4, -0.2) is 45.0 Å². The van der Waals surface area contributed by atoms with Crippen molar-refractivity contribution >= 4 is 16.0 Å². The third-order valence-corrected chi connectivity index (χ3v) is 6.87. The maximum atomic E-state index is 13.0. The van der Waals surface area contributed by atoms with Gasteiger partial charge in [0.15, 0.2) is 11.5 Å². The molecule has 0 atom stereocenters. The van der Waals surface area contributed by atoms with Crippen molar-refractivity contribution in [2.45, 2.75) is 17.7 Å². The quantitative estimate of drug-likeness (QED) is 0.558. The van der Waals surface area contributed by atoms with Crippen LogP contribution < -0.4 is 14.2 Å². The summed E-state index contributed by atoms with van der Waals surface area (Å²) < 4.78 is 56.4. The Kier molecular flexibility index (Phi) is 5.42. The molecular weight excluding hydrogens is 401 g/mol. The summed E-state index contributed by atoms with van der Waals surface area (Å²) in [5.74, 6) is -0.0579. The maximum absolute atomic E-state index is 13.0. The van der Waals surface area contributed by atoms with E-state index in [-0.39, 0.29) is 23.7 Å². The molecule has 154 valence electrons. The second-order valence-corrected chi connectivity index (χ2v) is 8.80. The lowest BCUT2D eigenvalue weighted by Gasteiger charge is -2.30. The van der Waals surface area contributed by atoms with E-state index in [1.165, 1.54) is 40.7 Å². The van der Waals surface area contributed by atoms with Crippen LogP contribution in [0.4, 0.5) is 4.39 Å². The molecule has 0 aliphatic carbocycles. The average Bonchev–Trinajstić information content (AvgIpc) is 2.75. The highest BCUT2D eigenvalue weighted by atomic mass is 32.2. The van der Waals surface area contributed by atoms with E-state index in [2.05, 4.69) is 0 Å². The fourth-order valence-corrected chi connectivity index (χ4v) is 4.85. The number of hydrogen-bond donors (Lipinski definition) is 0. The van der Waals surface area contributed by atoms with Gasteiger partial charge in [0, 0.05) is 19.2 Å². The van der Waals surface area contributed by atoms with Crippen molar-refractivity contribution in [1.29, 1.82) is 0 Å². The number of sulfonamides is 1. The molecule has 0 radical (unpaired) electrons. The lowest BCUT2D eigenvalue weighted by molar-refractivity contribution is -0.140. The Hall–Kier alpha value is -2.65. The monoisotopic (exact) mass is 421 g/mol. The molecule has 7 nitrogen and oxygen atoms in total. The van der Waals surface area contributed by atoms with Crippen LogP contribution in [-0.2, 0) is 14.8 Å². The Morgan fingerprint density at radius 1 is 1.00 bits per heavy atom. The van der Waals surface area contributed by atoms with Crippen LogP contribution in [0.3, 0.4) is 0 Å². The average molecular weight is 421 g/mol. The molecule has 0 saturated carbocycles. The number of piperidine rings is 1. The highest BCUT2D eigenvalue weighted by Crippen LogP contribution is 2.34. The van der Waals surface area contributed by atoms with Crippen LogP contribution in [0.25, 0.3) is 0 Å². The lowest BCUT2D eigenvalue weighted by Crippen LogP contribution is -2.41. The van der Waals surface area contributed by atoms with Crippen molar-refractivity contribution in [3.05, 3.63) is 48.3 Å². The first-order valence-corrected chi connectivity index (χ1v) is 10.7. The predicted octanol–water partition coefficient (Wildman–Crippen LogP) is 2.60. The molecule has 2 aliphatic heterocycles. The fourth-order valence-electron chi connectivity index (χ4n) is 3.37. The van der Waals surface area contributed by atoms with Gasteiger partial charge in [-0.05, 0) is 49.2 Å². The summed E-state index contributed by atoms with van der Waals surface area (Å²) >= 11 is 0. The SMILES string of the molecule is O=C(Oc1ccc(F)cc1)C1CCN(S(=O)(=O)c2ccc3c(c2)OCCO3)CC1. The minimum absolute atomic E-state index is 0.133. The Balaban J connectivity index is 1.39. The normalized spacial score (nSPS) is 17.7. The molecule has 0 aromatic heterocycles. The summed E-state index contributed by atoms with van der Waals surface area (Å²) in [5, 5.41) is 0. The van der Waals surface area contributed by atoms with Crippen LogP contribution in [0.15, 0.2) is 47.4 Å². The molecular formula is C20H20FNO6S. The Labute approximate surface area is 168 Å². The summed E-state index contributed by atoms with van der Waals surface area (Å²) in [6.07, 6.45) is 0.702.